The Hall–Kier alpha value is -0.770. The van der Waals surface area contributed by atoms with Gasteiger partial charge in [0.15, 0.2) is 0 Å². The smallest absolute Gasteiger partial charge is 0.408 e. The lowest BCUT2D eigenvalue weighted by Crippen LogP contribution is -2.42. The van der Waals surface area contributed by atoms with Gasteiger partial charge in [0.05, 0.1) is 0 Å². The predicted molar refractivity (Wildman–Crippen MR) is 71.3 cm³/mol. The van der Waals surface area contributed by atoms with E-state index in [9.17, 15) is 4.79 Å². The monoisotopic (exact) mass is 254 g/mol. The molecule has 0 bridgehead atoms. The van der Waals surface area contributed by atoms with Gasteiger partial charge in [-0.05, 0) is 58.8 Å². The van der Waals surface area contributed by atoms with E-state index in [1.807, 2.05) is 20.8 Å². The van der Waals surface area contributed by atoms with E-state index in [0.717, 1.165) is 32.1 Å². The third-order valence-electron chi connectivity index (χ3n) is 4.16. The van der Waals surface area contributed by atoms with Gasteiger partial charge in [-0.15, -0.1) is 0 Å². The molecule has 18 heavy (non-hydrogen) atoms. The van der Waals surface area contributed by atoms with Crippen LogP contribution >= 0.6 is 0 Å². The van der Waals surface area contributed by atoms with Gasteiger partial charge >= 0.3 is 6.09 Å². The Morgan fingerprint density at radius 1 is 1.39 bits per heavy atom. The summed E-state index contributed by atoms with van der Waals surface area (Å²) in [7, 11) is 0. The summed E-state index contributed by atoms with van der Waals surface area (Å²) in [5, 5.41) is 3.06. The van der Waals surface area contributed by atoms with Gasteiger partial charge in [-0.25, -0.2) is 4.79 Å². The second kappa shape index (κ2) is 4.12. The lowest BCUT2D eigenvalue weighted by Gasteiger charge is -2.25. The molecular weight excluding hydrogens is 228 g/mol. The SMILES string of the molecule is CC1CC1(CCC1(N)CC1)NC(=O)OC(C)(C)C. The number of ether oxygens (including phenoxy) is 1. The van der Waals surface area contributed by atoms with Crippen LogP contribution in [0.3, 0.4) is 0 Å². The van der Waals surface area contributed by atoms with E-state index in [4.69, 9.17) is 10.5 Å². The molecule has 0 saturated heterocycles. The molecule has 2 aliphatic carbocycles. The van der Waals surface area contributed by atoms with Crippen molar-refractivity contribution in [3.63, 3.8) is 0 Å². The molecule has 2 atom stereocenters. The Bertz CT molecular complexity index is 344. The molecule has 2 unspecified atom stereocenters. The van der Waals surface area contributed by atoms with Crippen LogP contribution in [0.5, 0.6) is 0 Å². The van der Waals surface area contributed by atoms with E-state index in [1.165, 1.54) is 0 Å². The summed E-state index contributed by atoms with van der Waals surface area (Å²) >= 11 is 0. The van der Waals surface area contributed by atoms with Gasteiger partial charge in [0.2, 0.25) is 0 Å². The van der Waals surface area contributed by atoms with Crippen LogP contribution in [0.2, 0.25) is 0 Å². The number of hydrogen-bond donors (Lipinski definition) is 2. The zero-order valence-corrected chi connectivity index (χ0v) is 12.0. The lowest BCUT2D eigenvalue weighted by atomic mass is 10.0. The topological polar surface area (TPSA) is 64.3 Å². The Balaban J connectivity index is 1.83. The molecule has 0 heterocycles. The summed E-state index contributed by atoms with van der Waals surface area (Å²) in [5.41, 5.74) is 5.68. The van der Waals surface area contributed by atoms with Crippen molar-refractivity contribution in [2.45, 2.75) is 76.5 Å². The minimum absolute atomic E-state index is 0.0582. The maximum atomic E-state index is 11.8. The van der Waals surface area contributed by atoms with Gasteiger partial charge in [-0.1, -0.05) is 6.92 Å². The van der Waals surface area contributed by atoms with Crippen molar-refractivity contribution in [2.75, 3.05) is 0 Å². The fraction of sp³-hybridized carbons (Fsp3) is 0.929. The maximum Gasteiger partial charge on any atom is 0.408 e. The summed E-state index contributed by atoms with van der Waals surface area (Å²) in [6.45, 7) is 7.82. The molecule has 104 valence electrons. The second-order valence-electron chi connectivity index (χ2n) is 7.25. The van der Waals surface area contributed by atoms with Gasteiger partial charge in [-0.2, -0.15) is 0 Å². The zero-order valence-electron chi connectivity index (χ0n) is 12.0. The van der Waals surface area contributed by atoms with E-state index in [1.54, 1.807) is 0 Å². The molecule has 0 aromatic rings. The Kier molecular flexibility index (Phi) is 3.13. The number of rotatable bonds is 4. The Morgan fingerprint density at radius 3 is 2.33 bits per heavy atom. The first-order valence-electron chi connectivity index (χ1n) is 6.94. The standard InChI is InChI=1S/C14H26N2O2/c1-10-9-14(10,8-7-13(15)5-6-13)16-11(17)18-12(2,3)4/h10H,5-9,15H2,1-4H3,(H,16,17). The lowest BCUT2D eigenvalue weighted by molar-refractivity contribution is 0.0487. The minimum atomic E-state index is -0.436. The first kappa shape index (κ1) is 13.7. The molecule has 0 spiro atoms. The van der Waals surface area contributed by atoms with Crippen LogP contribution in [0.25, 0.3) is 0 Å². The number of alkyl carbamates (subject to hydrolysis) is 1. The van der Waals surface area contributed by atoms with Gasteiger partial charge in [0, 0.05) is 11.1 Å². The molecule has 1 amide bonds. The molecule has 3 N–H and O–H groups in total. The van der Waals surface area contributed by atoms with Crippen molar-refractivity contribution in [1.29, 1.82) is 0 Å². The van der Waals surface area contributed by atoms with E-state index >= 15 is 0 Å². The van der Waals surface area contributed by atoms with Gasteiger partial charge in [0.1, 0.15) is 5.60 Å². The number of amides is 1. The molecular formula is C14H26N2O2. The molecule has 2 rings (SSSR count). The summed E-state index contributed by atoms with van der Waals surface area (Å²) < 4.78 is 5.33. The van der Waals surface area contributed by atoms with Crippen LogP contribution in [0.1, 0.15) is 59.8 Å². The highest BCUT2D eigenvalue weighted by atomic mass is 16.6. The van der Waals surface area contributed by atoms with Crippen molar-refractivity contribution in [2.24, 2.45) is 11.7 Å². The van der Waals surface area contributed by atoms with Crippen LogP contribution in [0.15, 0.2) is 0 Å². The first-order chi connectivity index (χ1) is 8.14. The summed E-state index contributed by atoms with van der Waals surface area (Å²) in [5.74, 6) is 0.535. The first-order valence-corrected chi connectivity index (χ1v) is 6.94. The largest absolute Gasteiger partial charge is 0.444 e. The summed E-state index contributed by atoms with van der Waals surface area (Å²) in [6, 6.07) is 0. The van der Waals surface area contributed by atoms with Crippen molar-refractivity contribution in [3.8, 4) is 0 Å². The van der Waals surface area contributed by atoms with Crippen molar-refractivity contribution < 1.29 is 9.53 Å². The molecule has 0 radical (unpaired) electrons. The third-order valence-corrected chi connectivity index (χ3v) is 4.16. The number of nitrogens with two attached hydrogens (primary N) is 1. The average Bonchev–Trinajstić information content (AvgIpc) is 3.03. The molecule has 2 fully saturated rings. The van der Waals surface area contributed by atoms with Crippen LogP contribution in [0.4, 0.5) is 4.79 Å². The number of carbonyl (C=O) groups excluding carboxylic acids is 1. The molecule has 4 nitrogen and oxygen atoms in total. The highest BCUT2D eigenvalue weighted by Gasteiger charge is 2.54. The molecule has 0 aromatic heterocycles. The highest BCUT2D eigenvalue weighted by molar-refractivity contribution is 5.69. The van der Waals surface area contributed by atoms with Crippen LogP contribution in [0, 0.1) is 5.92 Å². The number of nitrogens with one attached hydrogen (secondary N) is 1. The zero-order chi connectivity index (χ0) is 13.6. The van der Waals surface area contributed by atoms with Crippen LogP contribution in [-0.4, -0.2) is 22.8 Å². The number of hydrogen-bond acceptors (Lipinski definition) is 3. The van der Waals surface area contributed by atoms with Gasteiger partial charge < -0.3 is 15.8 Å². The third kappa shape index (κ3) is 3.37. The van der Waals surface area contributed by atoms with Gasteiger partial charge in [-0.3, -0.25) is 0 Å². The second-order valence-corrected chi connectivity index (χ2v) is 7.25. The summed E-state index contributed by atoms with van der Waals surface area (Å²) in [4.78, 5) is 11.8. The van der Waals surface area contributed by atoms with Crippen molar-refractivity contribution >= 4 is 6.09 Å². The normalized spacial score (nSPS) is 32.8. The van der Waals surface area contributed by atoms with Crippen LogP contribution in [-0.2, 0) is 4.74 Å². The van der Waals surface area contributed by atoms with Gasteiger partial charge in [0.25, 0.3) is 0 Å². The highest BCUT2D eigenvalue weighted by Crippen LogP contribution is 2.49. The Labute approximate surface area is 110 Å². The summed E-state index contributed by atoms with van der Waals surface area (Å²) in [6.07, 6.45) is 4.99. The average molecular weight is 254 g/mol. The minimum Gasteiger partial charge on any atom is -0.444 e. The predicted octanol–water partition coefficient (Wildman–Crippen LogP) is 2.56. The van der Waals surface area contributed by atoms with E-state index in [0.29, 0.717) is 5.92 Å². The Morgan fingerprint density at radius 2 is 1.94 bits per heavy atom. The quantitative estimate of drug-likeness (QED) is 0.810. The number of carbonyl (C=O) groups is 1. The fourth-order valence-electron chi connectivity index (χ4n) is 2.46. The molecule has 4 heteroatoms. The molecule has 2 saturated carbocycles. The van der Waals surface area contributed by atoms with Crippen molar-refractivity contribution in [3.05, 3.63) is 0 Å². The maximum absolute atomic E-state index is 11.8. The van der Waals surface area contributed by atoms with Crippen molar-refractivity contribution in [1.82, 2.24) is 5.32 Å². The van der Waals surface area contributed by atoms with Crippen LogP contribution < -0.4 is 11.1 Å². The molecule has 0 aromatic carbocycles. The molecule has 2 aliphatic rings. The molecule has 0 aliphatic heterocycles. The van der Waals surface area contributed by atoms with E-state index < -0.39 is 5.60 Å². The van der Waals surface area contributed by atoms with E-state index in [2.05, 4.69) is 12.2 Å². The fourth-order valence-corrected chi connectivity index (χ4v) is 2.46. The van der Waals surface area contributed by atoms with E-state index in [-0.39, 0.29) is 17.2 Å².